The maximum atomic E-state index is 12.3. The standard InChI is InChI=1S/C16H22N4O2/c21-15(19-8-6-17-7-9-19)16(22)20-12-10-18(11-13-20)14-4-2-1-3-5-14/h1-5,17H,6-13H2. The highest BCUT2D eigenvalue weighted by atomic mass is 16.2. The first-order chi connectivity index (χ1) is 10.8. The Morgan fingerprint density at radius 2 is 1.32 bits per heavy atom. The minimum absolute atomic E-state index is 0.352. The summed E-state index contributed by atoms with van der Waals surface area (Å²) in [4.78, 5) is 30.2. The molecule has 2 heterocycles. The van der Waals surface area contributed by atoms with Crippen LogP contribution in [0.25, 0.3) is 0 Å². The predicted molar refractivity (Wildman–Crippen MR) is 84.7 cm³/mol. The minimum atomic E-state index is -0.352. The number of para-hydroxylation sites is 1. The fourth-order valence-corrected chi connectivity index (χ4v) is 2.94. The lowest BCUT2D eigenvalue weighted by Crippen LogP contribution is -2.56. The topological polar surface area (TPSA) is 55.9 Å². The van der Waals surface area contributed by atoms with Crippen LogP contribution in [-0.2, 0) is 9.59 Å². The lowest BCUT2D eigenvalue weighted by molar-refractivity contribution is -0.152. The Morgan fingerprint density at radius 1 is 0.773 bits per heavy atom. The van der Waals surface area contributed by atoms with E-state index in [-0.39, 0.29) is 11.8 Å². The monoisotopic (exact) mass is 302 g/mol. The summed E-state index contributed by atoms with van der Waals surface area (Å²) in [6, 6.07) is 10.2. The van der Waals surface area contributed by atoms with Crippen molar-refractivity contribution in [2.75, 3.05) is 57.3 Å². The van der Waals surface area contributed by atoms with Gasteiger partial charge in [0, 0.05) is 58.0 Å². The number of nitrogens with one attached hydrogen (secondary N) is 1. The van der Waals surface area contributed by atoms with E-state index in [1.54, 1.807) is 9.80 Å². The van der Waals surface area contributed by atoms with E-state index in [4.69, 9.17) is 0 Å². The van der Waals surface area contributed by atoms with Gasteiger partial charge in [0.25, 0.3) is 0 Å². The Bertz CT molecular complexity index is 520. The van der Waals surface area contributed by atoms with Gasteiger partial charge >= 0.3 is 11.8 Å². The highest BCUT2D eigenvalue weighted by Gasteiger charge is 2.30. The number of piperazine rings is 2. The van der Waals surface area contributed by atoms with Crippen LogP contribution in [0.3, 0.4) is 0 Å². The Labute approximate surface area is 130 Å². The van der Waals surface area contributed by atoms with Crippen LogP contribution >= 0.6 is 0 Å². The molecule has 2 saturated heterocycles. The molecule has 2 amide bonds. The maximum absolute atomic E-state index is 12.3. The molecule has 22 heavy (non-hydrogen) atoms. The third-order valence-electron chi connectivity index (χ3n) is 4.28. The highest BCUT2D eigenvalue weighted by molar-refractivity contribution is 6.34. The molecule has 0 atom stereocenters. The van der Waals surface area contributed by atoms with Gasteiger partial charge in [0.2, 0.25) is 0 Å². The fourth-order valence-electron chi connectivity index (χ4n) is 2.94. The van der Waals surface area contributed by atoms with Crippen molar-refractivity contribution in [1.29, 1.82) is 0 Å². The van der Waals surface area contributed by atoms with Crippen molar-refractivity contribution in [3.05, 3.63) is 30.3 Å². The SMILES string of the molecule is O=C(C(=O)N1CCN(c2ccccc2)CC1)N1CCNCC1. The molecule has 2 fully saturated rings. The van der Waals surface area contributed by atoms with Gasteiger partial charge in [-0.15, -0.1) is 0 Å². The van der Waals surface area contributed by atoms with Crippen LogP contribution in [0.4, 0.5) is 5.69 Å². The van der Waals surface area contributed by atoms with Gasteiger partial charge in [-0.1, -0.05) is 18.2 Å². The van der Waals surface area contributed by atoms with Crippen molar-refractivity contribution in [1.82, 2.24) is 15.1 Å². The summed E-state index contributed by atoms with van der Waals surface area (Å²) in [6.07, 6.45) is 0. The molecule has 0 aromatic heterocycles. The number of hydrogen-bond acceptors (Lipinski definition) is 4. The second-order valence-electron chi connectivity index (χ2n) is 5.66. The average molecular weight is 302 g/mol. The largest absolute Gasteiger partial charge is 0.368 e. The molecule has 0 spiro atoms. The number of hydrogen-bond donors (Lipinski definition) is 1. The molecule has 0 aliphatic carbocycles. The Balaban J connectivity index is 1.54. The van der Waals surface area contributed by atoms with E-state index >= 15 is 0 Å². The van der Waals surface area contributed by atoms with E-state index in [1.165, 1.54) is 5.69 Å². The van der Waals surface area contributed by atoms with Gasteiger partial charge in [-0.2, -0.15) is 0 Å². The van der Waals surface area contributed by atoms with Gasteiger partial charge in [-0.25, -0.2) is 0 Å². The van der Waals surface area contributed by atoms with E-state index in [0.29, 0.717) is 26.2 Å². The third-order valence-corrected chi connectivity index (χ3v) is 4.28. The summed E-state index contributed by atoms with van der Waals surface area (Å²) < 4.78 is 0. The van der Waals surface area contributed by atoms with Gasteiger partial charge in [0.05, 0.1) is 0 Å². The number of carbonyl (C=O) groups excluding carboxylic acids is 2. The molecule has 0 radical (unpaired) electrons. The quantitative estimate of drug-likeness (QED) is 0.728. The normalized spacial score (nSPS) is 19.2. The van der Waals surface area contributed by atoms with Crippen molar-refractivity contribution in [3.8, 4) is 0 Å². The van der Waals surface area contributed by atoms with Crippen LogP contribution in [0.5, 0.6) is 0 Å². The first kappa shape index (κ1) is 14.8. The minimum Gasteiger partial charge on any atom is -0.368 e. The summed E-state index contributed by atoms with van der Waals surface area (Å²) >= 11 is 0. The summed E-state index contributed by atoms with van der Waals surface area (Å²) in [6.45, 7) is 5.51. The van der Waals surface area contributed by atoms with Crippen LogP contribution < -0.4 is 10.2 Å². The van der Waals surface area contributed by atoms with Crippen molar-refractivity contribution in [2.45, 2.75) is 0 Å². The zero-order chi connectivity index (χ0) is 15.4. The molecular formula is C16H22N4O2. The molecule has 3 rings (SSSR count). The molecule has 1 N–H and O–H groups in total. The summed E-state index contributed by atoms with van der Waals surface area (Å²) in [5.74, 6) is -0.704. The van der Waals surface area contributed by atoms with Crippen LogP contribution in [-0.4, -0.2) is 74.0 Å². The van der Waals surface area contributed by atoms with Gasteiger partial charge in [-0.05, 0) is 12.1 Å². The van der Waals surface area contributed by atoms with Gasteiger partial charge < -0.3 is 20.0 Å². The molecule has 118 valence electrons. The van der Waals surface area contributed by atoms with Crippen LogP contribution in [0.2, 0.25) is 0 Å². The van der Waals surface area contributed by atoms with Gasteiger partial charge in [-0.3, -0.25) is 9.59 Å². The van der Waals surface area contributed by atoms with Crippen LogP contribution in [0.1, 0.15) is 0 Å². The molecule has 0 saturated carbocycles. The number of carbonyl (C=O) groups is 2. The van der Waals surface area contributed by atoms with Crippen molar-refractivity contribution in [3.63, 3.8) is 0 Å². The summed E-state index contributed by atoms with van der Waals surface area (Å²) in [5.41, 5.74) is 1.17. The molecular weight excluding hydrogens is 280 g/mol. The van der Waals surface area contributed by atoms with Crippen molar-refractivity contribution in [2.24, 2.45) is 0 Å². The van der Waals surface area contributed by atoms with Gasteiger partial charge in [0.1, 0.15) is 0 Å². The molecule has 2 aliphatic rings. The lowest BCUT2D eigenvalue weighted by atomic mass is 10.2. The number of anilines is 1. The first-order valence-corrected chi connectivity index (χ1v) is 7.84. The van der Waals surface area contributed by atoms with Gasteiger partial charge in [0.15, 0.2) is 0 Å². The average Bonchev–Trinajstić information content (AvgIpc) is 2.62. The summed E-state index contributed by atoms with van der Waals surface area (Å²) in [7, 11) is 0. The molecule has 6 nitrogen and oxygen atoms in total. The van der Waals surface area contributed by atoms with E-state index in [1.807, 2.05) is 18.2 Å². The molecule has 6 heteroatoms. The molecule has 2 aliphatic heterocycles. The van der Waals surface area contributed by atoms with E-state index in [2.05, 4.69) is 22.3 Å². The van der Waals surface area contributed by atoms with Crippen molar-refractivity contribution >= 4 is 17.5 Å². The van der Waals surface area contributed by atoms with E-state index in [0.717, 1.165) is 26.2 Å². The molecule has 0 unspecified atom stereocenters. The smallest absolute Gasteiger partial charge is 0.312 e. The van der Waals surface area contributed by atoms with E-state index in [9.17, 15) is 9.59 Å². The number of nitrogens with zero attached hydrogens (tertiary/aromatic N) is 3. The predicted octanol–water partition coefficient (Wildman–Crippen LogP) is -0.233. The molecule has 0 bridgehead atoms. The number of amides is 2. The Kier molecular flexibility index (Phi) is 4.58. The third kappa shape index (κ3) is 3.22. The van der Waals surface area contributed by atoms with E-state index < -0.39 is 0 Å². The molecule has 1 aromatic rings. The van der Waals surface area contributed by atoms with Crippen LogP contribution in [0.15, 0.2) is 30.3 Å². The Hall–Kier alpha value is -2.08. The zero-order valence-corrected chi connectivity index (χ0v) is 12.7. The number of benzene rings is 1. The second-order valence-corrected chi connectivity index (χ2v) is 5.66. The first-order valence-electron chi connectivity index (χ1n) is 7.84. The van der Waals surface area contributed by atoms with Crippen molar-refractivity contribution < 1.29 is 9.59 Å². The summed E-state index contributed by atoms with van der Waals surface area (Å²) in [5, 5.41) is 3.19. The molecule has 1 aromatic carbocycles. The highest BCUT2D eigenvalue weighted by Crippen LogP contribution is 2.15. The fraction of sp³-hybridized carbons (Fsp3) is 0.500. The lowest BCUT2D eigenvalue weighted by Gasteiger charge is -2.37. The van der Waals surface area contributed by atoms with Crippen LogP contribution in [0, 0.1) is 0 Å². The zero-order valence-electron chi connectivity index (χ0n) is 12.7. The second kappa shape index (κ2) is 6.79. The maximum Gasteiger partial charge on any atom is 0.312 e. The Morgan fingerprint density at radius 3 is 1.91 bits per heavy atom. The number of rotatable bonds is 1.